The van der Waals surface area contributed by atoms with Crippen molar-refractivity contribution in [2.75, 3.05) is 0 Å². The van der Waals surface area contributed by atoms with Crippen molar-refractivity contribution in [2.45, 2.75) is 26.7 Å². The first kappa shape index (κ1) is 16.8. The van der Waals surface area contributed by atoms with E-state index >= 15 is 0 Å². The topological polar surface area (TPSA) is 56.5 Å². The van der Waals surface area contributed by atoms with Gasteiger partial charge in [0.15, 0.2) is 0 Å². The number of nitrogens with zero attached hydrogens (tertiary/aromatic N) is 5. The zero-order chi connectivity index (χ0) is 19.3. The van der Waals surface area contributed by atoms with Crippen molar-refractivity contribution in [3.8, 4) is 0 Å². The predicted molar refractivity (Wildman–Crippen MR) is 112 cm³/mol. The Bertz CT molecular complexity index is 1350. The van der Waals surface area contributed by atoms with Crippen molar-refractivity contribution in [1.82, 2.24) is 24.5 Å². The molecule has 28 heavy (non-hydrogen) atoms. The number of imidazole rings is 1. The fourth-order valence-electron chi connectivity index (χ4n) is 3.88. The summed E-state index contributed by atoms with van der Waals surface area (Å²) in [7, 11) is 2.08. The molecule has 0 radical (unpaired) electrons. The summed E-state index contributed by atoms with van der Waals surface area (Å²) in [6.07, 6.45) is 5.42. The van der Waals surface area contributed by atoms with E-state index in [1.54, 1.807) is 0 Å². The van der Waals surface area contributed by atoms with Crippen LogP contribution in [0, 0.1) is 13.8 Å². The van der Waals surface area contributed by atoms with Gasteiger partial charge in [-0.25, -0.2) is 4.98 Å². The van der Waals surface area contributed by atoms with Crippen LogP contribution < -0.4 is 0 Å². The molecule has 0 unspecified atom stereocenters. The molecule has 5 heteroatoms. The van der Waals surface area contributed by atoms with Crippen LogP contribution in [0.15, 0.2) is 48.8 Å². The molecular formula is C23H21N5. The molecule has 5 nitrogen and oxygen atoms in total. The molecule has 0 bridgehead atoms. The summed E-state index contributed by atoms with van der Waals surface area (Å²) in [6, 6.07) is 12.5. The van der Waals surface area contributed by atoms with Gasteiger partial charge < -0.3 is 4.57 Å². The van der Waals surface area contributed by atoms with E-state index in [1.165, 1.54) is 0 Å². The summed E-state index contributed by atoms with van der Waals surface area (Å²) >= 11 is 0. The molecule has 0 spiro atoms. The van der Waals surface area contributed by atoms with E-state index in [9.17, 15) is 0 Å². The highest BCUT2D eigenvalue weighted by Gasteiger charge is 2.12. The molecule has 0 saturated carbocycles. The Morgan fingerprint density at radius 3 is 2.64 bits per heavy atom. The lowest BCUT2D eigenvalue weighted by molar-refractivity contribution is 0.777. The molecule has 0 aliphatic rings. The number of hydrogen-bond donors (Lipinski definition) is 0. The molecule has 0 N–H and O–H groups in total. The van der Waals surface area contributed by atoms with Gasteiger partial charge in [0, 0.05) is 48.0 Å². The number of aryl methyl sites for hydroxylation is 5. The lowest BCUT2D eigenvalue weighted by Gasteiger charge is -2.07. The molecule has 4 aromatic heterocycles. The Balaban J connectivity index is 1.51. The van der Waals surface area contributed by atoms with E-state index in [1.807, 2.05) is 25.4 Å². The van der Waals surface area contributed by atoms with Crippen LogP contribution >= 0.6 is 0 Å². The third kappa shape index (κ3) is 2.62. The molecule has 138 valence electrons. The second kappa shape index (κ2) is 6.37. The van der Waals surface area contributed by atoms with Crippen molar-refractivity contribution < 1.29 is 0 Å². The molecule has 0 aliphatic carbocycles. The molecule has 1 aromatic carbocycles. The van der Waals surface area contributed by atoms with Gasteiger partial charge in [0.1, 0.15) is 5.82 Å². The molecule has 4 heterocycles. The first-order valence-corrected chi connectivity index (χ1v) is 9.52. The molecule has 5 rings (SSSR count). The Morgan fingerprint density at radius 1 is 0.857 bits per heavy atom. The van der Waals surface area contributed by atoms with E-state index in [0.29, 0.717) is 0 Å². The van der Waals surface area contributed by atoms with Gasteiger partial charge in [-0.1, -0.05) is 0 Å². The monoisotopic (exact) mass is 367 g/mol. The largest absolute Gasteiger partial charge is 0.331 e. The highest BCUT2D eigenvalue weighted by atomic mass is 15.1. The maximum atomic E-state index is 4.93. The van der Waals surface area contributed by atoms with Gasteiger partial charge in [0.05, 0.1) is 22.1 Å². The second-order valence-electron chi connectivity index (χ2n) is 7.32. The van der Waals surface area contributed by atoms with Crippen molar-refractivity contribution in [2.24, 2.45) is 7.05 Å². The summed E-state index contributed by atoms with van der Waals surface area (Å²) in [5.74, 6) is 1.07. The van der Waals surface area contributed by atoms with Crippen LogP contribution in [-0.4, -0.2) is 24.5 Å². The highest BCUT2D eigenvalue weighted by Crippen LogP contribution is 2.25. The summed E-state index contributed by atoms with van der Waals surface area (Å²) in [5, 5.41) is 2.23. The molecule has 0 atom stereocenters. The van der Waals surface area contributed by atoms with Crippen LogP contribution in [0.5, 0.6) is 0 Å². The van der Waals surface area contributed by atoms with Crippen molar-refractivity contribution in [1.29, 1.82) is 0 Å². The van der Waals surface area contributed by atoms with Gasteiger partial charge in [-0.2, -0.15) is 0 Å². The van der Waals surface area contributed by atoms with Crippen LogP contribution in [0.25, 0.3) is 32.8 Å². The van der Waals surface area contributed by atoms with Crippen molar-refractivity contribution in [3.05, 3.63) is 71.6 Å². The van der Waals surface area contributed by atoms with E-state index in [4.69, 9.17) is 9.97 Å². The maximum Gasteiger partial charge on any atom is 0.110 e. The molecule has 0 aliphatic heterocycles. The van der Waals surface area contributed by atoms with Crippen LogP contribution in [0.2, 0.25) is 0 Å². The van der Waals surface area contributed by atoms with Crippen LogP contribution in [0.3, 0.4) is 0 Å². The Morgan fingerprint density at radius 2 is 1.75 bits per heavy atom. The maximum absolute atomic E-state index is 4.93. The average molecular weight is 367 g/mol. The lowest BCUT2D eigenvalue weighted by atomic mass is 10.1. The molecule has 0 amide bonds. The standard InChI is InChI=1S/C23H21N5/c1-14-13-25-15(2)17-8-6-16(26-22(14)17)7-11-21-27-23-18-5-4-12-24-19(18)9-10-20(23)28(21)3/h4-6,8-10,12-13H,7,11H2,1-3H3. The minimum atomic E-state index is 0.842. The lowest BCUT2D eigenvalue weighted by Crippen LogP contribution is -2.02. The average Bonchev–Trinajstić information content (AvgIpc) is 3.05. The number of pyridine rings is 3. The highest BCUT2D eigenvalue weighted by molar-refractivity contribution is 6.02. The summed E-state index contributed by atoms with van der Waals surface area (Å²) in [5.41, 5.74) is 7.41. The molecule has 0 fully saturated rings. The van der Waals surface area contributed by atoms with E-state index < -0.39 is 0 Å². The molecule has 0 saturated heterocycles. The molecule has 5 aromatic rings. The van der Waals surface area contributed by atoms with Crippen LogP contribution in [0.4, 0.5) is 0 Å². The Kier molecular flexibility index (Phi) is 3.83. The number of rotatable bonds is 3. The minimum absolute atomic E-state index is 0.842. The van der Waals surface area contributed by atoms with Gasteiger partial charge in [-0.15, -0.1) is 0 Å². The zero-order valence-corrected chi connectivity index (χ0v) is 16.3. The fourth-order valence-corrected chi connectivity index (χ4v) is 3.88. The van der Waals surface area contributed by atoms with Crippen molar-refractivity contribution in [3.63, 3.8) is 0 Å². The first-order valence-electron chi connectivity index (χ1n) is 9.52. The summed E-state index contributed by atoms with van der Waals surface area (Å²) < 4.78 is 2.18. The fraction of sp³-hybridized carbons (Fsp3) is 0.217. The van der Waals surface area contributed by atoms with Gasteiger partial charge in [-0.05, 0) is 62.2 Å². The first-order chi connectivity index (χ1) is 13.6. The summed E-state index contributed by atoms with van der Waals surface area (Å²) in [6.45, 7) is 4.10. The van der Waals surface area contributed by atoms with Gasteiger partial charge >= 0.3 is 0 Å². The number of benzene rings is 1. The number of hydrogen-bond acceptors (Lipinski definition) is 4. The zero-order valence-electron chi connectivity index (χ0n) is 16.3. The number of fused-ring (bicyclic) bond motifs is 4. The van der Waals surface area contributed by atoms with E-state index in [-0.39, 0.29) is 0 Å². The Hall–Kier alpha value is -3.34. The van der Waals surface area contributed by atoms with Gasteiger partial charge in [-0.3, -0.25) is 15.0 Å². The summed E-state index contributed by atoms with van der Waals surface area (Å²) in [4.78, 5) is 18.7. The predicted octanol–water partition coefficient (Wildman–Crippen LogP) is 4.47. The Labute approximate surface area is 163 Å². The van der Waals surface area contributed by atoms with Gasteiger partial charge in [0.2, 0.25) is 0 Å². The van der Waals surface area contributed by atoms with Crippen LogP contribution in [-0.2, 0) is 19.9 Å². The second-order valence-corrected chi connectivity index (χ2v) is 7.32. The minimum Gasteiger partial charge on any atom is -0.331 e. The SMILES string of the molecule is Cc1ncc(C)c2nc(CCc3nc4c5cccnc5ccc4n3C)ccc12. The van der Waals surface area contributed by atoms with Crippen molar-refractivity contribution >= 4 is 32.8 Å². The van der Waals surface area contributed by atoms with E-state index in [2.05, 4.69) is 58.8 Å². The van der Waals surface area contributed by atoms with E-state index in [0.717, 1.165) is 68.5 Å². The third-order valence-corrected chi connectivity index (χ3v) is 5.50. The number of aromatic nitrogens is 5. The van der Waals surface area contributed by atoms with Gasteiger partial charge in [0.25, 0.3) is 0 Å². The quantitative estimate of drug-likeness (QED) is 0.472. The molecular weight excluding hydrogens is 346 g/mol. The normalized spacial score (nSPS) is 11.7. The smallest absolute Gasteiger partial charge is 0.110 e. The third-order valence-electron chi connectivity index (χ3n) is 5.50. The van der Waals surface area contributed by atoms with Crippen LogP contribution in [0.1, 0.15) is 22.8 Å².